The van der Waals surface area contributed by atoms with Crippen LogP contribution in [0.15, 0.2) is 35.1 Å². The Labute approximate surface area is 174 Å². The smallest absolute Gasteiger partial charge is 0.338 e. The molecule has 156 valence electrons. The third-order valence-electron chi connectivity index (χ3n) is 4.22. The average Bonchev–Trinajstić information content (AvgIpc) is 2.71. The molecule has 9 heteroatoms. The van der Waals surface area contributed by atoms with Gasteiger partial charge in [-0.15, -0.1) is 0 Å². The average molecular weight is 419 g/mol. The SMILES string of the molecule is CCN(CC)CCOC(=O)c1ccc(NC(=O)c2cc(=O)[nH]c(CSC)n2)cc1. The second-order valence-corrected chi connectivity index (χ2v) is 7.07. The van der Waals surface area contributed by atoms with Crippen molar-refractivity contribution in [2.75, 3.05) is 37.8 Å². The Balaban J connectivity index is 1.95. The predicted molar refractivity (Wildman–Crippen MR) is 115 cm³/mol. The molecule has 0 aliphatic rings. The van der Waals surface area contributed by atoms with Gasteiger partial charge in [-0.25, -0.2) is 9.78 Å². The number of hydrogen-bond acceptors (Lipinski definition) is 7. The Morgan fingerprint density at radius 3 is 2.52 bits per heavy atom. The van der Waals surface area contributed by atoms with E-state index in [9.17, 15) is 14.4 Å². The number of nitrogens with one attached hydrogen (secondary N) is 2. The van der Waals surface area contributed by atoms with Gasteiger partial charge in [-0.1, -0.05) is 13.8 Å². The molecule has 0 saturated carbocycles. The van der Waals surface area contributed by atoms with Crippen LogP contribution < -0.4 is 10.9 Å². The minimum Gasteiger partial charge on any atom is -0.461 e. The highest BCUT2D eigenvalue weighted by Gasteiger charge is 2.12. The van der Waals surface area contributed by atoms with E-state index in [0.29, 0.717) is 36.0 Å². The highest BCUT2D eigenvalue weighted by molar-refractivity contribution is 7.97. The Bertz CT molecular complexity index is 879. The summed E-state index contributed by atoms with van der Waals surface area (Å²) in [5, 5.41) is 2.67. The topological polar surface area (TPSA) is 104 Å². The molecule has 0 spiro atoms. The van der Waals surface area contributed by atoms with Crippen LogP contribution in [-0.2, 0) is 10.5 Å². The van der Waals surface area contributed by atoms with Crippen molar-refractivity contribution in [3.8, 4) is 0 Å². The number of carbonyl (C=O) groups excluding carboxylic acids is 2. The van der Waals surface area contributed by atoms with Gasteiger partial charge in [0.1, 0.15) is 18.1 Å². The minimum absolute atomic E-state index is 0.0395. The van der Waals surface area contributed by atoms with Crippen LogP contribution in [0.1, 0.15) is 40.5 Å². The normalized spacial score (nSPS) is 10.8. The summed E-state index contributed by atoms with van der Waals surface area (Å²) in [6.45, 7) is 6.94. The van der Waals surface area contributed by atoms with Gasteiger partial charge < -0.3 is 19.9 Å². The second-order valence-electron chi connectivity index (χ2n) is 6.20. The van der Waals surface area contributed by atoms with Crippen molar-refractivity contribution >= 4 is 29.3 Å². The van der Waals surface area contributed by atoms with E-state index in [-0.39, 0.29) is 11.3 Å². The van der Waals surface area contributed by atoms with Gasteiger partial charge in [0.2, 0.25) is 0 Å². The van der Waals surface area contributed by atoms with E-state index in [1.54, 1.807) is 24.3 Å². The molecule has 8 nitrogen and oxygen atoms in total. The molecule has 0 aliphatic heterocycles. The molecule has 0 fully saturated rings. The summed E-state index contributed by atoms with van der Waals surface area (Å²) in [4.78, 5) is 45.1. The molecule has 0 bridgehead atoms. The quantitative estimate of drug-likeness (QED) is 0.571. The number of nitrogens with zero attached hydrogens (tertiary/aromatic N) is 2. The summed E-state index contributed by atoms with van der Waals surface area (Å²) in [6.07, 6.45) is 1.88. The van der Waals surface area contributed by atoms with Crippen molar-refractivity contribution in [3.05, 3.63) is 57.8 Å². The summed E-state index contributed by atoms with van der Waals surface area (Å²) in [5.41, 5.74) is 0.553. The fourth-order valence-electron chi connectivity index (χ4n) is 2.60. The van der Waals surface area contributed by atoms with Crippen LogP contribution in [0.25, 0.3) is 0 Å². The fraction of sp³-hybridized carbons (Fsp3) is 0.400. The number of thioether (sulfide) groups is 1. The lowest BCUT2D eigenvalue weighted by atomic mass is 10.2. The number of carbonyl (C=O) groups is 2. The van der Waals surface area contributed by atoms with Gasteiger partial charge in [0.05, 0.1) is 11.3 Å². The van der Waals surface area contributed by atoms with E-state index in [1.165, 1.54) is 11.8 Å². The number of aromatic nitrogens is 2. The van der Waals surface area contributed by atoms with Crippen molar-refractivity contribution in [1.29, 1.82) is 0 Å². The van der Waals surface area contributed by atoms with Crippen molar-refractivity contribution in [2.24, 2.45) is 0 Å². The van der Waals surface area contributed by atoms with Crippen LogP contribution in [0.5, 0.6) is 0 Å². The number of esters is 1. The molecule has 29 heavy (non-hydrogen) atoms. The Hall–Kier alpha value is -2.65. The van der Waals surface area contributed by atoms with E-state index in [1.807, 2.05) is 6.26 Å². The number of likely N-dealkylation sites (N-methyl/N-ethyl adjacent to an activating group) is 1. The highest BCUT2D eigenvalue weighted by Crippen LogP contribution is 2.12. The largest absolute Gasteiger partial charge is 0.461 e. The number of hydrogen-bond donors (Lipinski definition) is 2. The first-order valence-electron chi connectivity index (χ1n) is 9.36. The first kappa shape index (κ1) is 22.6. The van der Waals surface area contributed by atoms with Crippen molar-refractivity contribution in [3.63, 3.8) is 0 Å². The van der Waals surface area contributed by atoms with Crippen LogP contribution in [0.3, 0.4) is 0 Å². The molecule has 2 N–H and O–H groups in total. The number of amides is 1. The molecule has 1 aromatic carbocycles. The maximum Gasteiger partial charge on any atom is 0.338 e. The maximum absolute atomic E-state index is 12.4. The van der Waals surface area contributed by atoms with E-state index in [2.05, 4.69) is 34.0 Å². The minimum atomic E-state index is -0.493. The van der Waals surface area contributed by atoms with E-state index in [0.717, 1.165) is 19.2 Å². The van der Waals surface area contributed by atoms with Gasteiger partial charge in [-0.05, 0) is 43.6 Å². The van der Waals surface area contributed by atoms with Gasteiger partial charge >= 0.3 is 5.97 Å². The molecule has 0 atom stereocenters. The van der Waals surface area contributed by atoms with Gasteiger partial charge in [0, 0.05) is 18.3 Å². The third kappa shape index (κ3) is 7.03. The lowest BCUT2D eigenvalue weighted by Gasteiger charge is -2.17. The summed E-state index contributed by atoms with van der Waals surface area (Å²) in [5.74, 6) is 0.0421. The van der Waals surface area contributed by atoms with Crippen molar-refractivity contribution in [1.82, 2.24) is 14.9 Å². The number of anilines is 1. The summed E-state index contributed by atoms with van der Waals surface area (Å²) in [6, 6.07) is 7.53. The zero-order valence-corrected chi connectivity index (χ0v) is 17.7. The van der Waals surface area contributed by atoms with E-state index in [4.69, 9.17) is 4.74 Å². The molecule has 1 heterocycles. The van der Waals surface area contributed by atoms with Crippen molar-refractivity contribution < 1.29 is 14.3 Å². The highest BCUT2D eigenvalue weighted by atomic mass is 32.2. The number of aromatic amines is 1. The molecule has 2 rings (SSSR count). The molecule has 0 saturated heterocycles. The number of H-pyrrole nitrogens is 1. The first-order valence-corrected chi connectivity index (χ1v) is 10.8. The summed E-state index contributed by atoms with van der Waals surface area (Å²) in [7, 11) is 0. The van der Waals surface area contributed by atoms with E-state index >= 15 is 0 Å². The molecule has 0 radical (unpaired) electrons. The molecule has 2 aromatic rings. The Morgan fingerprint density at radius 1 is 1.21 bits per heavy atom. The van der Waals surface area contributed by atoms with E-state index < -0.39 is 11.9 Å². The molecular weight excluding hydrogens is 392 g/mol. The van der Waals surface area contributed by atoms with Crippen molar-refractivity contribution in [2.45, 2.75) is 19.6 Å². The van der Waals surface area contributed by atoms with Gasteiger partial charge in [-0.3, -0.25) is 9.59 Å². The lowest BCUT2D eigenvalue weighted by Crippen LogP contribution is -2.27. The van der Waals surface area contributed by atoms with Gasteiger partial charge in [0.25, 0.3) is 11.5 Å². The third-order valence-corrected chi connectivity index (χ3v) is 4.78. The standard InChI is InChI=1S/C20H26N4O4S/c1-4-24(5-2)10-11-28-20(27)14-6-8-15(9-7-14)21-19(26)16-12-18(25)23-17(22-16)13-29-3/h6-9,12H,4-5,10-11,13H2,1-3H3,(H,21,26)(H,22,23,25). The summed E-state index contributed by atoms with van der Waals surface area (Å²) >= 11 is 1.49. The first-order chi connectivity index (χ1) is 14.0. The number of benzene rings is 1. The van der Waals surface area contributed by atoms with Crippen LogP contribution in [0.2, 0.25) is 0 Å². The van der Waals surface area contributed by atoms with Gasteiger partial charge in [-0.2, -0.15) is 11.8 Å². The van der Waals surface area contributed by atoms with Crippen LogP contribution in [0.4, 0.5) is 5.69 Å². The molecule has 0 unspecified atom stereocenters. The summed E-state index contributed by atoms with van der Waals surface area (Å²) < 4.78 is 5.28. The zero-order chi connectivity index (χ0) is 21.2. The van der Waals surface area contributed by atoms with Gasteiger partial charge in [0.15, 0.2) is 0 Å². The van der Waals surface area contributed by atoms with Crippen LogP contribution >= 0.6 is 11.8 Å². The number of ether oxygens (including phenoxy) is 1. The molecule has 1 amide bonds. The second kappa shape index (κ2) is 11.4. The van der Waals surface area contributed by atoms with Crippen LogP contribution in [-0.4, -0.2) is 59.2 Å². The molecule has 1 aromatic heterocycles. The Morgan fingerprint density at radius 2 is 1.90 bits per heavy atom. The lowest BCUT2D eigenvalue weighted by molar-refractivity contribution is 0.0466. The monoisotopic (exact) mass is 418 g/mol. The predicted octanol–water partition coefficient (Wildman–Crippen LogP) is 2.38. The Kier molecular flexibility index (Phi) is 8.88. The number of rotatable bonds is 10. The maximum atomic E-state index is 12.4. The molecular formula is C20H26N4O4S. The van der Waals surface area contributed by atoms with Crippen LogP contribution in [0, 0.1) is 0 Å². The molecule has 0 aliphatic carbocycles. The fourth-order valence-corrected chi connectivity index (χ4v) is 3.02. The zero-order valence-electron chi connectivity index (χ0n) is 16.9.